The standard InChI is InChI=1S/C26H25N3O3/c1-17-13-18(2)25(19(3)14-17)32-16-23(30)27-28-24-21-11-7-8-12-22(21)29(26(24)31)15-20-9-5-4-6-10-20/h4-14,31H,15-16H2,1-3H3. The fourth-order valence-electron chi connectivity index (χ4n) is 3.96. The van der Waals surface area contributed by atoms with Crippen molar-refractivity contribution in [3.8, 4) is 11.6 Å². The van der Waals surface area contributed by atoms with Crippen molar-refractivity contribution < 1.29 is 14.6 Å². The number of rotatable bonds is 6. The van der Waals surface area contributed by atoms with Crippen LogP contribution in [0.5, 0.6) is 11.6 Å². The molecule has 0 aliphatic carbocycles. The summed E-state index contributed by atoms with van der Waals surface area (Å²) in [5, 5.41) is 19.5. The number of carbonyl (C=O) groups is 1. The second-order valence-corrected chi connectivity index (χ2v) is 7.87. The Kier molecular flexibility index (Phi) is 6.03. The predicted octanol–water partition coefficient (Wildman–Crippen LogP) is 6.01. The van der Waals surface area contributed by atoms with Crippen LogP contribution in [0.25, 0.3) is 10.9 Å². The maximum atomic E-state index is 12.4. The molecule has 0 aliphatic rings. The highest BCUT2D eigenvalue weighted by molar-refractivity contribution is 5.95. The molecule has 6 nitrogen and oxygen atoms in total. The number of hydrogen-bond acceptors (Lipinski definition) is 4. The minimum absolute atomic E-state index is 0.0299. The van der Waals surface area contributed by atoms with Crippen molar-refractivity contribution in [3.05, 3.63) is 89.0 Å². The summed E-state index contributed by atoms with van der Waals surface area (Å²) in [5.74, 6) is 0.128. The summed E-state index contributed by atoms with van der Waals surface area (Å²) >= 11 is 0. The first-order valence-corrected chi connectivity index (χ1v) is 10.4. The van der Waals surface area contributed by atoms with Crippen LogP contribution in [0.1, 0.15) is 22.3 Å². The quantitative estimate of drug-likeness (QED) is 0.383. The van der Waals surface area contributed by atoms with E-state index in [0.717, 1.165) is 33.2 Å². The molecule has 0 atom stereocenters. The molecule has 0 saturated heterocycles. The van der Waals surface area contributed by atoms with Crippen molar-refractivity contribution in [2.75, 3.05) is 6.61 Å². The van der Waals surface area contributed by atoms with Gasteiger partial charge in [-0.05, 0) is 43.5 Å². The van der Waals surface area contributed by atoms with Gasteiger partial charge in [-0.2, -0.15) is 0 Å². The molecule has 0 bridgehead atoms. The van der Waals surface area contributed by atoms with E-state index < -0.39 is 5.91 Å². The average Bonchev–Trinajstić information content (AvgIpc) is 3.03. The van der Waals surface area contributed by atoms with Crippen LogP contribution in [-0.4, -0.2) is 22.2 Å². The van der Waals surface area contributed by atoms with E-state index in [0.29, 0.717) is 12.3 Å². The fraction of sp³-hybridized carbons (Fsp3) is 0.192. The van der Waals surface area contributed by atoms with Gasteiger partial charge in [0.15, 0.2) is 12.3 Å². The zero-order chi connectivity index (χ0) is 22.7. The Bertz CT molecular complexity index is 1280. The Labute approximate surface area is 186 Å². The van der Waals surface area contributed by atoms with Gasteiger partial charge >= 0.3 is 5.91 Å². The number of carbonyl (C=O) groups excluding carboxylic acids is 1. The summed E-state index contributed by atoms with van der Waals surface area (Å²) in [5.41, 5.74) is 5.20. The smallest absolute Gasteiger partial charge is 0.302 e. The van der Waals surface area contributed by atoms with Crippen molar-refractivity contribution in [1.29, 1.82) is 0 Å². The monoisotopic (exact) mass is 427 g/mol. The topological polar surface area (TPSA) is 76.2 Å². The number of ether oxygens (including phenoxy) is 1. The number of aryl methyl sites for hydroxylation is 3. The van der Waals surface area contributed by atoms with Gasteiger partial charge in [0.1, 0.15) is 5.75 Å². The molecule has 0 fully saturated rings. The van der Waals surface area contributed by atoms with Crippen molar-refractivity contribution in [2.24, 2.45) is 10.2 Å². The zero-order valence-corrected chi connectivity index (χ0v) is 18.4. The van der Waals surface area contributed by atoms with Gasteiger partial charge in [0.05, 0.1) is 12.1 Å². The normalized spacial score (nSPS) is 11.3. The van der Waals surface area contributed by atoms with Crippen LogP contribution in [0.4, 0.5) is 5.69 Å². The third-order valence-electron chi connectivity index (χ3n) is 5.31. The third-order valence-corrected chi connectivity index (χ3v) is 5.31. The summed E-state index contributed by atoms with van der Waals surface area (Å²) in [6, 6.07) is 21.4. The van der Waals surface area contributed by atoms with E-state index in [1.165, 1.54) is 0 Å². The molecule has 0 radical (unpaired) electrons. The van der Waals surface area contributed by atoms with Gasteiger partial charge in [0, 0.05) is 5.39 Å². The first-order valence-electron chi connectivity index (χ1n) is 10.4. The summed E-state index contributed by atoms with van der Waals surface area (Å²) in [7, 11) is 0. The Morgan fingerprint density at radius 2 is 1.62 bits per heavy atom. The SMILES string of the molecule is Cc1cc(C)c(OCC(=O)N=Nc2c(O)n(Cc3ccccc3)c3ccccc23)c(C)c1. The van der Waals surface area contributed by atoms with Gasteiger partial charge in [-0.25, -0.2) is 0 Å². The molecule has 1 amide bonds. The Morgan fingerprint density at radius 1 is 0.969 bits per heavy atom. The lowest BCUT2D eigenvalue weighted by molar-refractivity contribution is -0.120. The summed E-state index contributed by atoms with van der Waals surface area (Å²) in [6.45, 7) is 6.16. The van der Waals surface area contributed by atoms with Crippen LogP contribution in [-0.2, 0) is 11.3 Å². The van der Waals surface area contributed by atoms with E-state index in [9.17, 15) is 9.90 Å². The van der Waals surface area contributed by atoms with E-state index in [1.807, 2.05) is 87.5 Å². The molecular formula is C26H25N3O3. The van der Waals surface area contributed by atoms with Crippen LogP contribution in [0.2, 0.25) is 0 Å². The molecule has 4 aromatic rings. The third kappa shape index (κ3) is 4.39. The molecule has 0 spiro atoms. The average molecular weight is 428 g/mol. The summed E-state index contributed by atoms with van der Waals surface area (Å²) < 4.78 is 7.47. The van der Waals surface area contributed by atoms with Gasteiger partial charge < -0.3 is 14.4 Å². The molecular weight excluding hydrogens is 402 g/mol. The highest BCUT2D eigenvalue weighted by atomic mass is 16.5. The van der Waals surface area contributed by atoms with Crippen LogP contribution >= 0.6 is 0 Å². The number of nitrogens with zero attached hydrogens (tertiary/aromatic N) is 3. The second kappa shape index (κ2) is 9.06. The second-order valence-electron chi connectivity index (χ2n) is 7.87. The summed E-state index contributed by atoms with van der Waals surface area (Å²) in [6.07, 6.45) is 0. The fourth-order valence-corrected chi connectivity index (χ4v) is 3.96. The van der Waals surface area contributed by atoms with E-state index in [2.05, 4.69) is 10.2 Å². The number of azo groups is 1. The van der Waals surface area contributed by atoms with Crippen molar-refractivity contribution >= 4 is 22.5 Å². The minimum Gasteiger partial charge on any atom is -0.493 e. The first kappa shape index (κ1) is 21.3. The van der Waals surface area contributed by atoms with Crippen LogP contribution < -0.4 is 4.74 Å². The number of hydrogen-bond donors (Lipinski definition) is 1. The minimum atomic E-state index is -0.524. The molecule has 1 aromatic heterocycles. The molecule has 0 saturated carbocycles. The van der Waals surface area contributed by atoms with E-state index >= 15 is 0 Å². The molecule has 1 heterocycles. The van der Waals surface area contributed by atoms with E-state index in [-0.39, 0.29) is 18.2 Å². The Hall–Kier alpha value is -3.93. The lowest BCUT2D eigenvalue weighted by atomic mass is 10.1. The molecule has 0 unspecified atom stereocenters. The lowest BCUT2D eigenvalue weighted by Gasteiger charge is -2.11. The van der Waals surface area contributed by atoms with E-state index in [1.54, 1.807) is 4.57 Å². The van der Waals surface area contributed by atoms with Crippen LogP contribution in [0, 0.1) is 20.8 Å². The number of aromatic nitrogens is 1. The molecule has 6 heteroatoms. The Morgan fingerprint density at radius 3 is 2.34 bits per heavy atom. The maximum absolute atomic E-state index is 12.4. The van der Waals surface area contributed by atoms with Crippen molar-refractivity contribution in [2.45, 2.75) is 27.3 Å². The molecule has 3 aromatic carbocycles. The van der Waals surface area contributed by atoms with Gasteiger partial charge in [-0.15, -0.1) is 10.2 Å². The predicted molar refractivity (Wildman–Crippen MR) is 125 cm³/mol. The van der Waals surface area contributed by atoms with Crippen LogP contribution in [0.15, 0.2) is 77.0 Å². The number of amides is 1. The maximum Gasteiger partial charge on any atom is 0.302 e. The van der Waals surface area contributed by atoms with Gasteiger partial charge in [-0.3, -0.25) is 4.79 Å². The largest absolute Gasteiger partial charge is 0.493 e. The highest BCUT2D eigenvalue weighted by Crippen LogP contribution is 2.39. The highest BCUT2D eigenvalue weighted by Gasteiger charge is 2.17. The molecule has 4 rings (SSSR count). The number of aromatic hydroxyl groups is 1. The number of fused-ring (bicyclic) bond motifs is 1. The first-order chi connectivity index (χ1) is 15.4. The zero-order valence-electron chi connectivity index (χ0n) is 18.4. The number of para-hydroxylation sites is 1. The molecule has 1 N–H and O–H groups in total. The van der Waals surface area contributed by atoms with Gasteiger partial charge in [0.25, 0.3) is 0 Å². The molecule has 32 heavy (non-hydrogen) atoms. The molecule has 162 valence electrons. The van der Waals surface area contributed by atoms with Crippen molar-refractivity contribution in [1.82, 2.24) is 4.57 Å². The van der Waals surface area contributed by atoms with E-state index in [4.69, 9.17) is 4.74 Å². The Balaban J connectivity index is 1.56. The van der Waals surface area contributed by atoms with Crippen molar-refractivity contribution in [3.63, 3.8) is 0 Å². The molecule has 0 aliphatic heterocycles. The van der Waals surface area contributed by atoms with Gasteiger partial charge in [0.2, 0.25) is 5.88 Å². The summed E-state index contributed by atoms with van der Waals surface area (Å²) in [4.78, 5) is 12.4. The van der Waals surface area contributed by atoms with Crippen LogP contribution in [0.3, 0.4) is 0 Å². The van der Waals surface area contributed by atoms with Gasteiger partial charge in [-0.1, -0.05) is 66.2 Å². The lowest BCUT2D eigenvalue weighted by Crippen LogP contribution is -2.09. The number of benzene rings is 3.